The smallest absolute Gasteiger partial charge is 0.241 e. The molecule has 2 aromatic carbocycles. The number of rotatable bonds is 9. The Hall–Kier alpha value is -3.29. The highest BCUT2D eigenvalue weighted by Crippen LogP contribution is 2.12. The summed E-state index contributed by atoms with van der Waals surface area (Å²) < 4.78 is 32.6. The third-order valence-corrected chi connectivity index (χ3v) is 3.97. The van der Waals surface area contributed by atoms with E-state index < -0.39 is 0 Å². The standard InChI is InChI=1S/C20H20F2N4O2/c21-16-5-3-15(4-6-16)2-1-11-23-20(27)13-26-12-18(24-25-26)14-28-19-9-7-17(22)8-10-19/h3-10,12H,1-2,11,13-14H2,(H,23,27). The van der Waals surface area contributed by atoms with Crippen molar-refractivity contribution in [1.82, 2.24) is 20.3 Å². The minimum absolute atomic E-state index is 0.0557. The molecule has 0 atom stereocenters. The van der Waals surface area contributed by atoms with E-state index in [1.807, 2.05) is 0 Å². The van der Waals surface area contributed by atoms with Crippen LogP contribution in [-0.4, -0.2) is 27.4 Å². The Kier molecular flexibility index (Phi) is 6.67. The van der Waals surface area contributed by atoms with Crippen LogP contribution in [0.2, 0.25) is 0 Å². The minimum Gasteiger partial charge on any atom is -0.487 e. The number of hydrogen-bond acceptors (Lipinski definition) is 4. The summed E-state index contributed by atoms with van der Waals surface area (Å²) in [7, 11) is 0. The van der Waals surface area contributed by atoms with E-state index in [0.717, 1.165) is 18.4 Å². The lowest BCUT2D eigenvalue weighted by Crippen LogP contribution is -2.28. The van der Waals surface area contributed by atoms with E-state index in [0.29, 0.717) is 18.0 Å². The highest BCUT2D eigenvalue weighted by atomic mass is 19.1. The highest BCUT2D eigenvalue weighted by Gasteiger charge is 2.07. The van der Waals surface area contributed by atoms with E-state index in [2.05, 4.69) is 15.6 Å². The van der Waals surface area contributed by atoms with Gasteiger partial charge in [0, 0.05) is 6.54 Å². The molecule has 0 aliphatic heterocycles. The van der Waals surface area contributed by atoms with Crippen molar-refractivity contribution in [3.05, 3.63) is 77.6 Å². The monoisotopic (exact) mass is 386 g/mol. The number of aryl methyl sites for hydroxylation is 1. The summed E-state index contributed by atoms with van der Waals surface area (Å²) in [4.78, 5) is 12.0. The molecule has 1 heterocycles. The number of nitrogens with one attached hydrogen (secondary N) is 1. The van der Waals surface area contributed by atoms with E-state index in [-0.39, 0.29) is 30.7 Å². The van der Waals surface area contributed by atoms with Crippen LogP contribution < -0.4 is 10.1 Å². The molecule has 0 radical (unpaired) electrons. The van der Waals surface area contributed by atoms with Gasteiger partial charge in [-0.15, -0.1) is 5.10 Å². The zero-order valence-electron chi connectivity index (χ0n) is 15.1. The molecule has 1 amide bonds. The number of carbonyl (C=O) groups is 1. The first-order chi connectivity index (χ1) is 13.6. The molecular weight excluding hydrogens is 366 g/mol. The van der Waals surface area contributed by atoms with E-state index in [1.165, 1.54) is 41.1 Å². The molecule has 0 unspecified atom stereocenters. The van der Waals surface area contributed by atoms with E-state index in [9.17, 15) is 13.6 Å². The third kappa shape index (κ3) is 6.15. The molecule has 3 aromatic rings. The van der Waals surface area contributed by atoms with Crippen LogP contribution in [0.4, 0.5) is 8.78 Å². The van der Waals surface area contributed by atoms with Gasteiger partial charge in [0.2, 0.25) is 5.91 Å². The molecule has 0 saturated carbocycles. The molecule has 3 rings (SSSR count). The van der Waals surface area contributed by atoms with Gasteiger partial charge in [0.05, 0.1) is 6.20 Å². The average molecular weight is 386 g/mol. The molecule has 6 nitrogen and oxygen atoms in total. The van der Waals surface area contributed by atoms with Crippen LogP contribution in [0, 0.1) is 11.6 Å². The number of carbonyl (C=O) groups excluding carboxylic acids is 1. The zero-order chi connectivity index (χ0) is 19.8. The van der Waals surface area contributed by atoms with Crippen molar-refractivity contribution in [2.45, 2.75) is 26.0 Å². The Morgan fingerprint density at radius 3 is 2.43 bits per heavy atom. The van der Waals surface area contributed by atoms with Crippen molar-refractivity contribution in [2.24, 2.45) is 0 Å². The second-order valence-electron chi connectivity index (χ2n) is 6.23. The first kappa shape index (κ1) is 19.5. The van der Waals surface area contributed by atoms with Crippen LogP contribution in [0.1, 0.15) is 17.7 Å². The van der Waals surface area contributed by atoms with Gasteiger partial charge in [-0.05, 0) is 54.8 Å². The summed E-state index contributed by atoms with van der Waals surface area (Å²) >= 11 is 0. The lowest BCUT2D eigenvalue weighted by molar-refractivity contribution is -0.121. The molecular formula is C20H20F2N4O2. The lowest BCUT2D eigenvalue weighted by atomic mass is 10.1. The number of ether oxygens (including phenoxy) is 1. The van der Waals surface area contributed by atoms with Crippen LogP contribution in [0.5, 0.6) is 5.75 Å². The third-order valence-electron chi connectivity index (χ3n) is 3.97. The zero-order valence-corrected chi connectivity index (χ0v) is 15.1. The van der Waals surface area contributed by atoms with Gasteiger partial charge in [0.25, 0.3) is 0 Å². The molecule has 28 heavy (non-hydrogen) atoms. The van der Waals surface area contributed by atoms with Gasteiger partial charge in [-0.2, -0.15) is 0 Å². The summed E-state index contributed by atoms with van der Waals surface area (Å²) in [5.41, 5.74) is 1.59. The van der Waals surface area contributed by atoms with Gasteiger partial charge in [-0.25, -0.2) is 13.5 Å². The Bertz CT molecular complexity index is 895. The molecule has 8 heteroatoms. The summed E-state index contributed by atoms with van der Waals surface area (Å²) in [5.74, 6) is -0.237. The Labute approximate surface area is 161 Å². The Balaban J connectivity index is 1.36. The van der Waals surface area contributed by atoms with Gasteiger partial charge >= 0.3 is 0 Å². The van der Waals surface area contributed by atoms with Crippen molar-refractivity contribution in [3.8, 4) is 5.75 Å². The van der Waals surface area contributed by atoms with Crippen LogP contribution in [0.3, 0.4) is 0 Å². The van der Waals surface area contributed by atoms with Crippen LogP contribution >= 0.6 is 0 Å². The Morgan fingerprint density at radius 1 is 1.04 bits per heavy atom. The van der Waals surface area contributed by atoms with Crippen molar-refractivity contribution in [3.63, 3.8) is 0 Å². The lowest BCUT2D eigenvalue weighted by Gasteiger charge is -2.05. The maximum absolute atomic E-state index is 12.9. The molecule has 0 spiro atoms. The number of nitrogens with zero attached hydrogens (tertiary/aromatic N) is 3. The van der Waals surface area contributed by atoms with Gasteiger partial charge in [0.1, 0.15) is 36.2 Å². The number of hydrogen-bond donors (Lipinski definition) is 1. The molecule has 1 aromatic heterocycles. The fraction of sp³-hybridized carbons (Fsp3) is 0.250. The van der Waals surface area contributed by atoms with Crippen molar-refractivity contribution in [2.75, 3.05) is 6.54 Å². The topological polar surface area (TPSA) is 69.0 Å². The molecule has 146 valence electrons. The van der Waals surface area contributed by atoms with Gasteiger partial charge in [0.15, 0.2) is 0 Å². The first-order valence-electron chi connectivity index (χ1n) is 8.87. The van der Waals surface area contributed by atoms with Crippen LogP contribution in [-0.2, 0) is 24.4 Å². The Morgan fingerprint density at radius 2 is 1.71 bits per heavy atom. The first-order valence-corrected chi connectivity index (χ1v) is 8.87. The molecule has 0 aliphatic rings. The van der Waals surface area contributed by atoms with Gasteiger partial charge < -0.3 is 10.1 Å². The highest BCUT2D eigenvalue weighted by molar-refractivity contribution is 5.75. The second kappa shape index (κ2) is 9.59. The second-order valence-corrected chi connectivity index (χ2v) is 6.23. The normalized spacial score (nSPS) is 10.6. The van der Waals surface area contributed by atoms with E-state index >= 15 is 0 Å². The minimum atomic E-state index is -0.332. The van der Waals surface area contributed by atoms with Crippen molar-refractivity contribution < 1.29 is 18.3 Å². The van der Waals surface area contributed by atoms with Gasteiger partial charge in [-0.3, -0.25) is 4.79 Å². The molecule has 0 bridgehead atoms. The number of benzene rings is 2. The molecule has 0 saturated heterocycles. The number of aromatic nitrogens is 3. The molecule has 0 fully saturated rings. The summed E-state index contributed by atoms with van der Waals surface area (Å²) in [6.45, 7) is 0.746. The maximum atomic E-state index is 12.9. The molecule has 0 aliphatic carbocycles. The number of amides is 1. The fourth-order valence-corrected chi connectivity index (χ4v) is 2.54. The largest absolute Gasteiger partial charge is 0.487 e. The summed E-state index contributed by atoms with van der Waals surface area (Å²) in [6.07, 6.45) is 3.14. The van der Waals surface area contributed by atoms with E-state index in [1.54, 1.807) is 18.3 Å². The average Bonchev–Trinajstić information content (AvgIpc) is 3.13. The maximum Gasteiger partial charge on any atom is 0.241 e. The predicted octanol–water partition coefficient (Wildman–Crippen LogP) is 2.88. The fourth-order valence-electron chi connectivity index (χ4n) is 2.54. The van der Waals surface area contributed by atoms with Crippen LogP contribution in [0.25, 0.3) is 0 Å². The summed E-state index contributed by atoms with van der Waals surface area (Å²) in [5, 5.41) is 10.7. The quantitative estimate of drug-likeness (QED) is 0.574. The number of halogens is 2. The van der Waals surface area contributed by atoms with E-state index in [4.69, 9.17) is 4.74 Å². The predicted molar refractivity (Wildman–Crippen MR) is 98.5 cm³/mol. The molecule has 1 N–H and O–H groups in total. The van der Waals surface area contributed by atoms with Gasteiger partial charge in [-0.1, -0.05) is 17.3 Å². The van der Waals surface area contributed by atoms with Crippen molar-refractivity contribution >= 4 is 5.91 Å². The van der Waals surface area contributed by atoms with Crippen molar-refractivity contribution in [1.29, 1.82) is 0 Å². The summed E-state index contributed by atoms with van der Waals surface area (Å²) in [6, 6.07) is 12.0. The SMILES string of the molecule is O=C(Cn1cc(COc2ccc(F)cc2)nn1)NCCCc1ccc(F)cc1. The van der Waals surface area contributed by atoms with Crippen LogP contribution in [0.15, 0.2) is 54.7 Å².